The van der Waals surface area contributed by atoms with E-state index >= 15 is 0 Å². The van der Waals surface area contributed by atoms with Gasteiger partial charge in [0.15, 0.2) is 0 Å². The van der Waals surface area contributed by atoms with Crippen LogP contribution in [0.5, 0.6) is 0 Å². The van der Waals surface area contributed by atoms with Crippen molar-refractivity contribution in [2.24, 2.45) is 7.05 Å². The minimum Gasteiger partial charge on any atom is -0.323 e. The van der Waals surface area contributed by atoms with Gasteiger partial charge in [-0.25, -0.2) is 4.98 Å². The molecule has 110 valence electrons. The molecule has 0 radical (unpaired) electrons. The summed E-state index contributed by atoms with van der Waals surface area (Å²) >= 11 is 18.1. The van der Waals surface area contributed by atoms with Crippen molar-refractivity contribution in [3.8, 4) is 0 Å². The zero-order chi connectivity index (χ0) is 15.0. The average Bonchev–Trinajstić information content (AvgIpc) is 2.97. The Morgan fingerprint density at radius 1 is 1.19 bits per heavy atom. The van der Waals surface area contributed by atoms with Crippen LogP contribution in [0.3, 0.4) is 0 Å². The first kappa shape index (κ1) is 14.7. The van der Waals surface area contributed by atoms with Crippen molar-refractivity contribution >= 4 is 45.8 Å². The summed E-state index contributed by atoms with van der Waals surface area (Å²) in [7, 11) is 1.89. The van der Waals surface area contributed by atoms with Crippen LogP contribution in [0.4, 0.5) is 0 Å². The van der Waals surface area contributed by atoms with Gasteiger partial charge in [0.25, 0.3) is 0 Å². The highest BCUT2D eigenvalue weighted by molar-refractivity contribution is 6.42. The molecule has 0 saturated carbocycles. The van der Waals surface area contributed by atoms with Crippen molar-refractivity contribution in [3.63, 3.8) is 0 Å². The third-order valence-electron chi connectivity index (χ3n) is 3.29. The van der Waals surface area contributed by atoms with E-state index in [9.17, 15) is 0 Å². The third kappa shape index (κ3) is 2.89. The number of aryl methyl sites for hydroxylation is 2. The summed E-state index contributed by atoms with van der Waals surface area (Å²) in [5.41, 5.74) is 2.88. The number of alkyl halides is 1. The molecular formula is C14H13Cl3N4. The summed E-state index contributed by atoms with van der Waals surface area (Å²) in [5.74, 6) is 1.43. The maximum absolute atomic E-state index is 6.14. The fourth-order valence-electron chi connectivity index (χ4n) is 2.36. The Morgan fingerprint density at radius 3 is 2.62 bits per heavy atom. The van der Waals surface area contributed by atoms with Crippen LogP contribution in [0.1, 0.15) is 11.4 Å². The third-order valence-corrected chi connectivity index (χ3v) is 4.20. The highest BCUT2D eigenvalue weighted by Crippen LogP contribution is 2.29. The van der Waals surface area contributed by atoms with Crippen LogP contribution in [0, 0.1) is 0 Å². The number of aromatic nitrogens is 4. The Bertz CT molecular complexity index is 791. The molecule has 21 heavy (non-hydrogen) atoms. The van der Waals surface area contributed by atoms with E-state index in [2.05, 4.69) is 14.6 Å². The van der Waals surface area contributed by atoms with Crippen LogP contribution in [-0.4, -0.2) is 25.2 Å². The maximum atomic E-state index is 6.14. The number of nitrogens with zero attached hydrogens (tertiary/aromatic N) is 4. The predicted octanol–water partition coefficient (Wildman–Crippen LogP) is 3.91. The van der Waals surface area contributed by atoms with Gasteiger partial charge in [-0.2, -0.15) is 5.10 Å². The van der Waals surface area contributed by atoms with Gasteiger partial charge in [0, 0.05) is 31.1 Å². The molecule has 7 heteroatoms. The van der Waals surface area contributed by atoms with Crippen molar-refractivity contribution in [2.45, 2.75) is 13.0 Å². The van der Waals surface area contributed by atoms with Crippen molar-refractivity contribution in [1.82, 2.24) is 19.3 Å². The predicted molar refractivity (Wildman–Crippen MR) is 86.5 cm³/mol. The molecule has 4 nitrogen and oxygen atoms in total. The summed E-state index contributed by atoms with van der Waals surface area (Å²) in [6.07, 6.45) is 4.51. The lowest BCUT2D eigenvalue weighted by Gasteiger charge is -2.07. The first-order chi connectivity index (χ1) is 10.1. The molecule has 0 fully saturated rings. The van der Waals surface area contributed by atoms with E-state index in [0.717, 1.165) is 22.4 Å². The van der Waals surface area contributed by atoms with E-state index in [-0.39, 0.29) is 0 Å². The van der Waals surface area contributed by atoms with Gasteiger partial charge in [-0.3, -0.25) is 4.68 Å². The second-order valence-electron chi connectivity index (χ2n) is 4.83. The van der Waals surface area contributed by atoms with Crippen LogP contribution in [0.2, 0.25) is 10.0 Å². The smallest absolute Gasteiger partial charge is 0.111 e. The molecule has 0 unspecified atom stereocenters. The molecule has 0 spiro atoms. The number of halogens is 3. The summed E-state index contributed by atoms with van der Waals surface area (Å²) in [6.45, 7) is 0.675. The lowest BCUT2D eigenvalue weighted by Crippen LogP contribution is -2.05. The van der Waals surface area contributed by atoms with Crippen molar-refractivity contribution in [1.29, 1.82) is 0 Å². The number of fused-ring (bicyclic) bond motifs is 1. The Hall–Kier alpha value is -1.23. The highest BCUT2D eigenvalue weighted by atomic mass is 35.5. The molecule has 0 N–H and O–H groups in total. The minimum absolute atomic E-state index is 0.507. The van der Waals surface area contributed by atoms with Gasteiger partial charge in [0.2, 0.25) is 0 Å². The molecule has 0 aliphatic heterocycles. The summed E-state index contributed by atoms with van der Waals surface area (Å²) in [4.78, 5) is 4.62. The topological polar surface area (TPSA) is 35.6 Å². The molecular weight excluding hydrogens is 331 g/mol. The lowest BCUT2D eigenvalue weighted by molar-refractivity contribution is 0.747. The lowest BCUT2D eigenvalue weighted by atomic mass is 10.3. The Labute approximate surface area is 137 Å². The first-order valence-corrected chi connectivity index (χ1v) is 7.75. The van der Waals surface area contributed by atoms with E-state index in [4.69, 9.17) is 34.8 Å². The normalized spacial score (nSPS) is 11.4. The van der Waals surface area contributed by atoms with Gasteiger partial charge in [0.05, 0.1) is 33.8 Å². The SMILES string of the molecule is Cn1cc(Cn2c(CCCl)nc3cc(Cl)c(Cl)cc32)cn1. The zero-order valence-electron chi connectivity index (χ0n) is 11.4. The Morgan fingerprint density at radius 2 is 1.95 bits per heavy atom. The molecule has 0 atom stereocenters. The first-order valence-electron chi connectivity index (χ1n) is 6.46. The number of imidazole rings is 1. The second-order valence-corrected chi connectivity index (χ2v) is 6.02. The van der Waals surface area contributed by atoms with Gasteiger partial charge >= 0.3 is 0 Å². The van der Waals surface area contributed by atoms with Crippen molar-refractivity contribution in [3.05, 3.63) is 46.0 Å². The molecule has 2 aromatic heterocycles. The summed E-state index contributed by atoms with van der Waals surface area (Å²) in [6, 6.07) is 3.64. The van der Waals surface area contributed by atoms with E-state index in [0.29, 0.717) is 28.9 Å². The van der Waals surface area contributed by atoms with Crippen molar-refractivity contribution in [2.75, 3.05) is 5.88 Å². The van der Waals surface area contributed by atoms with Gasteiger partial charge < -0.3 is 4.57 Å². The molecule has 0 saturated heterocycles. The van der Waals surface area contributed by atoms with E-state index < -0.39 is 0 Å². The minimum atomic E-state index is 0.507. The molecule has 3 aromatic rings. The zero-order valence-corrected chi connectivity index (χ0v) is 13.6. The van der Waals surface area contributed by atoms with Gasteiger partial charge in [-0.1, -0.05) is 23.2 Å². The summed E-state index contributed by atoms with van der Waals surface area (Å²) < 4.78 is 3.89. The van der Waals surface area contributed by atoms with Gasteiger partial charge in [-0.15, -0.1) is 11.6 Å². The quantitative estimate of drug-likeness (QED) is 0.673. The van der Waals surface area contributed by atoms with E-state index in [1.807, 2.05) is 25.5 Å². The second kappa shape index (κ2) is 5.87. The van der Waals surface area contributed by atoms with E-state index in [1.165, 1.54) is 0 Å². The van der Waals surface area contributed by atoms with Gasteiger partial charge in [-0.05, 0) is 12.1 Å². The Kier molecular flexibility index (Phi) is 4.11. The van der Waals surface area contributed by atoms with Crippen LogP contribution in [0.25, 0.3) is 11.0 Å². The summed E-state index contributed by atoms with van der Waals surface area (Å²) in [5, 5.41) is 5.22. The molecule has 2 heterocycles. The molecule has 0 aliphatic carbocycles. The maximum Gasteiger partial charge on any atom is 0.111 e. The fourth-order valence-corrected chi connectivity index (χ4v) is 2.84. The largest absolute Gasteiger partial charge is 0.323 e. The molecule has 0 aliphatic rings. The monoisotopic (exact) mass is 342 g/mol. The van der Waals surface area contributed by atoms with Crippen molar-refractivity contribution < 1.29 is 0 Å². The number of benzene rings is 1. The molecule has 1 aromatic carbocycles. The Balaban J connectivity index is 2.12. The average molecular weight is 344 g/mol. The highest BCUT2D eigenvalue weighted by Gasteiger charge is 2.13. The molecule has 0 amide bonds. The molecule has 0 bridgehead atoms. The molecule has 3 rings (SSSR count). The van der Waals surface area contributed by atoms with Crippen LogP contribution < -0.4 is 0 Å². The number of hydrogen-bond acceptors (Lipinski definition) is 2. The fraction of sp³-hybridized carbons (Fsp3) is 0.286. The number of rotatable bonds is 4. The van der Waals surface area contributed by atoms with Crippen LogP contribution in [-0.2, 0) is 20.0 Å². The van der Waals surface area contributed by atoms with Crippen LogP contribution >= 0.6 is 34.8 Å². The van der Waals surface area contributed by atoms with E-state index in [1.54, 1.807) is 10.7 Å². The number of hydrogen-bond donors (Lipinski definition) is 0. The van der Waals surface area contributed by atoms with Crippen LogP contribution in [0.15, 0.2) is 24.5 Å². The standard InChI is InChI=1S/C14H13Cl3N4/c1-20-7-9(6-18-20)8-21-13-5-11(17)10(16)4-12(13)19-14(21)2-3-15/h4-7H,2-3,8H2,1H3. The van der Waals surface area contributed by atoms with Gasteiger partial charge in [0.1, 0.15) is 5.82 Å².